The van der Waals surface area contributed by atoms with Gasteiger partial charge in [0.2, 0.25) is 0 Å². The number of hydrogen-bond acceptors (Lipinski definition) is 4. The van der Waals surface area contributed by atoms with Crippen LogP contribution in [0.15, 0.2) is 66.2 Å². The summed E-state index contributed by atoms with van der Waals surface area (Å²) in [7, 11) is 0. The normalized spacial score (nSPS) is 10.8. The Morgan fingerprint density at radius 1 is 1.10 bits per heavy atom. The first-order valence-electron chi connectivity index (χ1n) is 9.83. The van der Waals surface area contributed by atoms with Gasteiger partial charge in [0, 0.05) is 22.8 Å². The summed E-state index contributed by atoms with van der Waals surface area (Å²) in [6.45, 7) is 5.08. The van der Waals surface area contributed by atoms with Gasteiger partial charge in [-0.1, -0.05) is 35.9 Å². The molecule has 1 N–H and O–H groups in total. The molecule has 0 fully saturated rings. The molecule has 0 spiro atoms. The van der Waals surface area contributed by atoms with Crippen molar-refractivity contribution >= 4 is 34.7 Å². The molecule has 0 saturated carbocycles. The fourth-order valence-corrected chi connectivity index (χ4v) is 3.98. The van der Waals surface area contributed by atoms with Gasteiger partial charge in [0.05, 0.1) is 11.4 Å². The number of halogens is 1. The summed E-state index contributed by atoms with van der Waals surface area (Å²) in [6.07, 6.45) is 1.84. The Balaban J connectivity index is 1.34. The van der Waals surface area contributed by atoms with Gasteiger partial charge in [0.1, 0.15) is 12.4 Å². The fraction of sp³-hybridized carbons (Fsp3) is 0.167. The summed E-state index contributed by atoms with van der Waals surface area (Å²) in [5.74, 6) is 1.20. The molecule has 0 unspecified atom stereocenters. The van der Waals surface area contributed by atoms with Crippen LogP contribution in [-0.4, -0.2) is 15.7 Å². The van der Waals surface area contributed by atoms with E-state index < -0.39 is 0 Å². The van der Waals surface area contributed by atoms with Gasteiger partial charge in [-0.2, -0.15) is 5.10 Å². The molecule has 0 aliphatic heterocycles. The highest BCUT2D eigenvalue weighted by Crippen LogP contribution is 2.22. The molecule has 158 valence electrons. The Morgan fingerprint density at radius 2 is 1.90 bits per heavy atom. The van der Waals surface area contributed by atoms with Crippen LogP contribution in [0.1, 0.15) is 31.9 Å². The van der Waals surface area contributed by atoms with Crippen molar-refractivity contribution in [3.8, 4) is 5.75 Å². The number of nitrogens with one attached hydrogen (secondary N) is 1. The predicted octanol–water partition coefficient (Wildman–Crippen LogP) is 6.09. The number of anilines is 1. The minimum Gasteiger partial charge on any atom is -0.489 e. The molecular weight excluding hydrogens is 430 g/mol. The van der Waals surface area contributed by atoms with Crippen molar-refractivity contribution in [2.45, 2.75) is 27.0 Å². The van der Waals surface area contributed by atoms with Crippen molar-refractivity contribution in [3.05, 3.63) is 98.3 Å². The van der Waals surface area contributed by atoms with E-state index in [4.69, 9.17) is 16.3 Å². The van der Waals surface area contributed by atoms with Crippen LogP contribution in [0, 0.1) is 13.8 Å². The highest BCUT2D eigenvalue weighted by Gasteiger charge is 2.12. The second-order valence-corrected chi connectivity index (χ2v) is 8.70. The molecule has 0 saturated heterocycles. The fourth-order valence-electron chi connectivity index (χ4n) is 3.07. The molecule has 2 aromatic carbocycles. The lowest BCUT2D eigenvalue weighted by atomic mass is 10.1. The Morgan fingerprint density at radius 3 is 2.71 bits per heavy atom. The smallest absolute Gasteiger partial charge is 0.266 e. The number of amides is 1. The molecule has 0 radical (unpaired) electrons. The SMILES string of the molecule is Cc1ccc(C)c(OCc2csc(C(=O)Nc3ccn(Cc4ccc(Cl)cc4)n3)c2)c1. The largest absolute Gasteiger partial charge is 0.489 e. The molecule has 2 heterocycles. The van der Waals surface area contributed by atoms with E-state index in [1.54, 1.807) is 10.7 Å². The average molecular weight is 452 g/mol. The molecule has 4 rings (SSSR count). The molecule has 0 atom stereocenters. The molecule has 31 heavy (non-hydrogen) atoms. The molecule has 1 amide bonds. The van der Waals surface area contributed by atoms with Gasteiger partial charge in [0.15, 0.2) is 5.82 Å². The number of thiophene rings is 1. The van der Waals surface area contributed by atoms with Crippen LogP contribution in [0.2, 0.25) is 5.02 Å². The first-order valence-corrected chi connectivity index (χ1v) is 11.1. The summed E-state index contributed by atoms with van der Waals surface area (Å²) in [5.41, 5.74) is 4.29. The molecule has 0 aliphatic carbocycles. The molecule has 7 heteroatoms. The van der Waals surface area contributed by atoms with E-state index in [0.717, 1.165) is 28.0 Å². The molecule has 0 aliphatic rings. The first-order chi connectivity index (χ1) is 15.0. The van der Waals surface area contributed by atoms with E-state index in [2.05, 4.69) is 16.5 Å². The Bertz CT molecular complexity index is 1200. The Kier molecular flexibility index (Phi) is 6.39. The minimum atomic E-state index is -0.181. The number of rotatable bonds is 7. The maximum Gasteiger partial charge on any atom is 0.266 e. The van der Waals surface area contributed by atoms with Gasteiger partial charge in [0.25, 0.3) is 5.91 Å². The molecule has 4 aromatic rings. The van der Waals surface area contributed by atoms with E-state index >= 15 is 0 Å². The standard InChI is InChI=1S/C24H22ClN3O2S/c1-16-3-4-17(2)21(11-16)30-14-19-12-22(31-15-19)24(29)26-23-9-10-28(27-23)13-18-5-7-20(25)8-6-18/h3-12,15H,13-14H2,1-2H3,(H,26,27,29). The maximum atomic E-state index is 12.6. The van der Waals surface area contributed by atoms with Crippen molar-refractivity contribution in [1.82, 2.24) is 9.78 Å². The van der Waals surface area contributed by atoms with E-state index in [-0.39, 0.29) is 5.91 Å². The van der Waals surface area contributed by atoms with Crippen LogP contribution >= 0.6 is 22.9 Å². The van der Waals surface area contributed by atoms with E-state index in [9.17, 15) is 4.79 Å². The lowest BCUT2D eigenvalue weighted by molar-refractivity contribution is 0.103. The molecule has 5 nitrogen and oxygen atoms in total. The van der Waals surface area contributed by atoms with Crippen molar-refractivity contribution in [2.75, 3.05) is 5.32 Å². The third-order valence-electron chi connectivity index (χ3n) is 4.76. The topological polar surface area (TPSA) is 56.1 Å². The van der Waals surface area contributed by atoms with E-state index in [1.807, 2.05) is 67.9 Å². The monoisotopic (exact) mass is 451 g/mol. The zero-order chi connectivity index (χ0) is 21.8. The van der Waals surface area contributed by atoms with E-state index in [0.29, 0.717) is 28.9 Å². The summed E-state index contributed by atoms with van der Waals surface area (Å²) < 4.78 is 7.71. The quantitative estimate of drug-likeness (QED) is 0.369. The van der Waals surface area contributed by atoms with Crippen LogP contribution in [0.3, 0.4) is 0 Å². The van der Waals surface area contributed by atoms with Gasteiger partial charge in [-0.15, -0.1) is 11.3 Å². The second-order valence-electron chi connectivity index (χ2n) is 7.36. The van der Waals surface area contributed by atoms with E-state index in [1.165, 1.54) is 11.3 Å². The third-order valence-corrected chi connectivity index (χ3v) is 5.99. The number of aryl methyl sites for hydroxylation is 2. The van der Waals surface area contributed by atoms with Gasteiger partial charge in [-0.3, -0.25) is 9.48 Å². The molecular formula is C24H22ClN3O2S. The summed E-state index contributed by atoms with van der Waals surface area (Å²) >= 11 is 7.31. The summed E-state index contributed by atoms with van der Waals surface area (Å²) in [5, 5.41) is 9.93. The summed E-state index contributed by atoms with van der Waals surface area (Å²) in [4.78, 5) is 13.2. The van der Waals surface area contributed by atoms with Crippen molar-refractivity contribution < 1.29 is 9.53 Å². The van der Waals surface area contributed by atoms with Crippen molar-refractivity contribution in [3.63, 3.8) is 0 Å². The van der Waals surface area contributed by atoms with Gasteiger partial charge >= 0.3 is 0 Å². The number of ether oxygens (including phenoxy) is 1. The van der Waals surface area contributed by atoms with Crippen LogP contribution in [0.5, 0.6) is 5.75 Å². The predicted molar refractivity (Wildman–Crippen MR) is 125 cm³/mol. The van der Waals surface area contributed by atoms with Crippen LogP contribution in [0.25, 0.3) is 0 Å². The highest BCUT2D eigenvalue weighted by molar-refractivity contribution is 7.12. The first kappa shape index (κ1) is 21.2. The lowest BCUT2D eigenvalue weighted by Crippen LogP contribution is -2.11. The third kappa shape index (κ3) is 5.54. The van der Waals surface area contributed by atoms with Crippen LogP contribution in [0.4, 0.5) is 5.82 Å². The molecule has 2 aromatic heterocycles. The molecule has 0 bridgehead atoms. The zero-order valence-corrected chi connectivity index (χ0v) is 18.8. The van der Waals surface area contributed by atoms with Crippen LogP contribution in [-0.2, 0) is 13.2 Å². The van der Waals surface area contributed by atoms with Gasteiger partial charge in [-0.05, 0) is 60.2 Å². The number of benzene rings is 2. The average Bonchev–Trinajstić information content (AvgIpc) is 3.40. The van der Waals surface area contributed by atoms with Crippen LogP contribution < -0.4 is 10.1 Å². The number of carbonyl (C=O) groups is 1. The number of nitrogens with zero attached hydrogens (tertiary/aromatic N) is 2. The number of carbonyl (C=O) groups excluding carboxylic acids is 1. The minimum absolute atomic E-state index is 0.181. The zero-order valence-electron chi connectivity index (χ0n) is 17.3. The van der Waals surface area contributed by atoms with Gasteiger partial charge in [-0.25, -0.2) is 0 Å². The lowest BCUT2D eigenvalue weighted by Gasteiger charge is -2.08. The highest BCUT2D eigenvalue weighted by atomic mass is 35.5. The van der Waals surface area contributed by atoms with Crippen molar-refractivity contribution in [2.24, 2.45) is 0 Å². The van der Waals surface area contributed by atoms with Gasteiger partial charge < -0.3 is 10.1 Å². The Labute approximate surface area is 190 Å². The number of hydrogen-bond donors (Lipinski definition) is 1. The maximum absolute atomic E-state index is 12.6. The Hall–Kier alpha value is -3.09. The van der Waals surface area contributed by atoms with Crippen molar-refractivity contribution in [1.29, 1.82) is 0 Å². The second kappa shape index (κ2) is 9.37. The number of aromatic nitrogens is 2. The summed E-state index contributed by atoms with van der Waals surface area (Å²) in [6, 6.07) is 17.4.